The van der Waals surface area contributed by atoms with Gasteiger partial charge in [-0.2, -0.15) is 9.78 Å². The molecule has 0 N–H and O–H groups in total. The Morgan fingerprint density at radius 1 is 0.944 bits per heavy atom. The van der Waals surface area contributed by atoms with E-state index in [0.29, 0.717) is 39.4 Å². The van der Waals surface area contributed by atoms with Crippen LogP contribution in [0.25, 0.3) is 22.3 Å². The quantitative estimate of drug-likeness (QED) is 0.282. The second kappa shape index (κ2) is 10.2. The summed E-state index contributed by atoms with van der Waals surface area (Å²) in [7, 11) is 1.54. The number of aromatic nitrogens is 2. The van der Waals surface area contributed by atoms with Gasteiger partial charge in [-0.1, -0.05) is 60.7 Å². The second-order valence-corrected chi connectivity index (χ2v) is 7.98. The minimum absolute atomic E-state index is 0.131. The largest absolute Gasteiger partial charge is 0.493 e. The van der Waals surface area contributed by atoms with Crippen molar-refractivity contribution in [2.24, 2.45) is 5.10 Å². The van der Waals surface area contributed by atoms with Crippen LogP contribution in [0.5, 0.6) is 11.5 Å². The number of hydrogen-bond acceptors (Lipinski definition) is 5. The summed E-state index contributed by atoms with van der Waals surface area (Å²) in [5, 5.41) is 4.99. The molecule has 0 bridgehead atoms. The van der Waals surface area contributed by atoms with E-state index >= 15 is 0 Å². The van der Waals surface area contributed by atoms with E-state index < -0.39 is 0 Å². The summed E-state index contributed by atoms with van der Waals surface area (Å²) in [6.45, 7) is 0.131. The molecular weight excluding hydrogens is 457 g/mol. The number of halogens is 1. The van der Waals surface area contributed by atoms with Crippen molar-refractivity contribution >= 4 is 17.1 Å². The smallest absolute Gasteiger partial charge is 0.282 e. The van der Waals surface area contributed by atoms with Gasteiger partial charge in [0.1, 0.15) is 12.4 Å². The van der Waals surface area contributed by atoms with Crippen molar-refractivity contribution in [3.8, 4) is 22.9 Å². The molecule has 6 nitrogen and oxygen atoms in total. The van der Waals surface area contributed by atoms with Gasteiger partial charge in [-0.3, -0.25) is 4.79 Å². The van der Waals surface area contributed by atoms with Gasteiger partial charge in [0.25, 0.3) is 5.56 Å². The molecule has 0 saturated heterocycles. The Hall–Kier alpha value is -4.78. The summed E-state index contributed by atoms with van der Waals surface area (Å²) in [6, 6.07) is 28.1. The van der Waals surface area contributed by atoms with E-state index in [4.69, 9.17) is 14.5 Å². The molecule has 0 unspecified atom stereocenters. The number of nitrogens with zero attached hydrogens (tertiary/aromatic N) is 3. The lowest BCUT2D eigenvalue weighted by Crippen LogP contribution is -2.20. The molecule has 1 aromatic heterocycles. The molecule has 0 atom stereocenters. The first-order chi connectivity index (χ1) is 17.6. The van der Waals surface area contributed by atoms with Gasteiger partial charge >= 0.3 is 0 Å². The number of para-hydroxylation sites is 2. The van der Waals surface area contributed by atoms with Gasteiger partial charge in [0.2, 0.25) is 0 Å². The molecule has 178 valence electrons. The fourth-order valence-electron chi connectivity index (χ4n) is 3.86. The summed E-state index contributed by atoms with van der Waals surface area (Å²) < 4.78 is 26.4. The highest BCUT2D eigenvalue weighted by atomic mass is 19.1. The van der Waals surface area contributed by atoms with Gasteiger partial charge in [0.15, 0.2) is 17.3 Å². The van der Waals surface area contributed by atoms with Crippen LogP contribution in [-0.2, 0) is 6.61 Å². The van der Waals surface area contributed by atoms with Crippen molar-refractivity contribution in [1.29, 1.82) is 0 Å². The molecule has 4 aromatic carbocycles. The molecule has 7 heteroatoms. The Morgan fingerprint density at radius 3 is 2.53 bits per heavy atom. The molecule has 5 rings (SSSR count). The van der Waals surface area contributed by atoms with Crippen LogP contribution in [0, 0.1) is 5.82 Å². The van der Waals surface area contributed by atoms with Crippen molar-refractivity contribution < 1.29 is 13.9 Å². The lowest BCUT2D eigenvalue weighted by atomic mass is 10.2. The third-order valence-corrected chi connectivity index (χ3v) is 5.60. The van der Waals surface area contributed by atoms with Crippen molar-refractivity contribution in [3.05, 3.63) is 124 Å². The van der Waals surface area contributed by atoms with E-state index in [9.17, 15) is 9.18 Å². The normalized spacial score (nSPS) is 11.2. The van der Waals surface area contributed by atoms with Crippen molar-refractivity contribution in [2.45, 2.75) is 6.61 Å². The number of rotatable bonds is 7. The molecule has 0 aliphatic heterocycles. The zero-order valence-electron chi connectivity index (χ0n) is 19.5. The molecule has 5 aromatic rings. The lowest BCUT2D eigenvalue weighted by Gasteiger charge is -2.14. The number of hydrogen-bond donors (Lipinski definition) is 0. The summed E-state index contributed by atoms with van der Waals surface area (Å²) in [4.78, 5) is 18.1. The Bertz CT molecular complexity index is 1610. The molecule has 1 heterocycles. The average Bonchev–Trinajstić information content (AvgIpc) is 2.92. The van der Waals surface area contributed by atoms with Crippen LogP contribution in [0.1, 0.15) is 11.1 Å². The van der Waals surface area contributed by atoms with Crippen molar-refractivity contribution in [3.63, 3.8) is 0 Å². The van der Waals surface area contributed by atoms with Crippen LogP contribution < -0.4 is 15.0 Å². The number of ether oxygens (including phenoxy) is 2. The van der Waals surface area contributed by atoms with Crippen LogP contribution in [0.3, 0.4) is 0 Å². The third-order valence-electron chi connectivity index (χ3n) is 5.60. The second-order valence-electron chi connectivity index (χ2n) is 7.98. The van der Waals surface area contributed by atoms with Gasteiger partial charge in [-0.15, -0.1) is 0 Å². The van der Waals surface area contributed by atoms with Gasteiger partial charge in [0, 0.05) is 11.1 Å². The molecular formula is C29H22FN3O3. The highest BCUT2D eigenvalue weighted by Crippen LogP contribution is 2.31. The molecule has 0 radical (unpaired) electrons. The SMILES string of the molecule is COc1cccc(C=Nn2c(-c3ccccc3)nc3ccccc3c2=O)c1OCc1cccc(F)c1. The summed E-state index contributed by atoms with van der Waals surface area (Å²) >= 11 is 0. The highest BCUT2D eigenvalue weighted by Gasteiger charge is 2.14. The van der Waals surface area contributed by atoms with Crippen molar-refractivity contribution in [2.75, 3.05) is 7.11 Å². The summed E-state index contributed by atoms with van der Waals surface area (Å²) in [6.07, 6.45) is 1.54. The summed E-state index contributed by atoms with van der Waals surface area (Å²) in [5.41, 5.74) is 2.31. The first-order valence-electron chi connectivity index (χ1n) is 11.3. The maximum atomic E-state index is 13.6. The molecule has 0 aliphatic rings. The fraction of sp³-hybridized carbons (Fsp3) is 0.0690. The van der Waals surface area contributed by atoms with E-state index in [1.807, 2.05) is 36.4 Å². The third kappa shape index (κ3) is 4.72. The van der Waals surface area contributed by atoms with Gasteiger partial charge in [-0.05, 0) is 42.0 Å². The number of methoxy groups -OCH3 is 1. The Balaban J connectivity index is 1.58. The Kier molecular flexibility index (Phi) is 6.53. The molecule has 0 spiro atoms. The first-order valence-corrected chi connectivity index (χ1v) is 11.3. The molecule has 36 heavy (non-hydrogen) atoms. The standard InChI is InChI=1S/C29H22FN3O3/c1-35-26-16-8-12-22(27(26)36-19-20-9-7-13-23(30)17-20)18-31-33-28(21-10-3-2-4-11-21)32-25-15-6-5-14-24(25)29(33)34/h2-18H,19H2,1H3. The van der Waals surface area contributed by atoms with Crippen LogP contribution in [0.2, 0.25) is 0 Å². The van der Waals surface area contributed by atoms with Crippen LogP contribution in [0.15, 0.2) is 107 Å². The monoisotopic (exact) mass is 479 g/mol. The maximum Gasteiger partial charge on any atom is 0.282 e. The topological polar surface area (TPSA) is 65.7 Å². The first kappa shape index (κ1) is 23.0. The van der Waals surface area contributed by atoms with Crippen LogP contribution in [0.4, 0.5) is 4.39 Å². The van der Waals surface area contributed by atoms with E-state index in [2.05, 4.69) is 5.10 Å². The molecule has 0 amide bonds. The van der Waals surface area contributed by atoms with E-state index in [1.165, 1.54) is 30.1 Å². The Morgan fingerprint density at radius 2 is 1.72 bits per heavy atom. The predicted molar refractivity (Wildman–Crippen MR) is 138 cm³/mol. The predicted octanol–water partition coefficient (Wildman–Crippen LogP) is 5.67. The zero-order chi connectivity index (χ0) is 24.9. The summed E-state index contributed by atoms with van der Waals surface area (Å²) in [5.74, 6) is 0.994. The molecule has 0 saturated carbocycles. The lowest BCUT2D eigenvalue weighted by molar-refractivity contribution is 0.283. The van der Waals surface area contributed by atoms with Gasteiger partial charge < -0.3 is 9.47 Å². The number of benzene rings is 4. The van der Waals surface area contributed by atoms with Crippen LogP contribution >= 0.6 is 0 Å². The minimum Gasteiger partial charge on any atom is -0.493 e. The van der Waals surface area contributed by atoms with Crippen LogP contribution in [-0.4, -0.2) is 23.0 Å². The zero-order valence-corrected chi connectivity index (χ0v) is 19.5. The van der Waals surface area contributed by atoms with E-state index in [-0.39, 0.29) is 18.0 Å². The molecule has 0 fully saturated rings. The van der Waals surface area contributed by atoms with Gasteiger partial charge in [0.05, 0.1) is 24.2 Å². The Labute approximate surface area is 206 Å². The maximum absolute atomic E-state index is 13.6. The highest BCUT2D eigenvalue weighted by molar-refractivity contribution is 5.86. The fourth-order valence-corrected chi connectivity index (χ4v) is 3.86. The molecule has 0 aliphatic carbocycles. The van der Waals surface area contributed by atoms with E-state index in [1.54, 1.807) is 48.5 Å². The minimum atomic E-state index is -0.338. The van der Waals surface area contributed by atoms with Crippen molar-refractivity contribution in [1.82, 2.24) is 9.66 Å². The number of fused-ring (bicyclic) bond motifs is 1. The average molecular weight is 480 g/mol. The van der Waals surface area contributed by atoms with E-state index in [0.717, 1.165) is 5.56 Å². The van der Waals surface area contributed by atoms with Gasteiger partial charge in [-0.25, -0.2) is 9.37 Å².